The number of para-hydroxylation sites is 1. The Kier molecular flexibility index (Phi) is 6.22. The lowest BCUT2D eigenvalue weighted by Crippen LogP contribution is -2.40. The summed E-state index contributed by atoms with van der Waals surface area (Å²) in [6, 6.07) is 8.57. The molecule has 4 heteroatoms. The van der Waals surface area contributed by atoms with E-state index in [1.165, 1.54) is 0 Å². The number of carbonyl (C=O) groups excluding carboxylic acids is 1. The van der Waals surface area contributed by atoms with E-state index < -0.39 is 6.03 Å². The summed E-state index contributed by atoms with van der Waals surface area (Å²) in [5.74, 6) is 0. The quantitative estimate of drug-likeness (QED) is 0.594. The molecule has 0 heterocycles. The minimum Gasteiger partial charge on any atom is -0.306 e. The number of hydrogen-bond acceptors (Lipinski definition) is 2. The third kappa shape index (κ3) is 4.37. The second kappa shape index (κ2) is 7.71. The van der Waals surface area contributed by atoms with E-state index in [-0.39, 0.29) is 6.04 Å². The minimum absolute atomic E-state index is 0.108. The zero-order valence-electron chi connectivity index (χ0n) is 11.1. The van der Waals surface area contributed by atoms with Crippen LogP contribution in [0.15, 0.2) is 30.3 Å². The maximum atomic E-state index is 11.9. The molecule has 100 valence electrons. The number of amides is 2. The number of carbonyl (C=O) groups is 1. The van der Waals surface area contributed by atoms with Gasteiger partial charge in [0.05, 0.1) is 6.04 Å². The summed E-state index contributed by atoms with van der Waals surface area (Å²) in [4.78, 5) is 11.9. The number of nitrogens with one attached hydrogen (secondary N) is 1. The maximum absolute atomic E-state index is 11.9. The van der Waals surface area contributed by atoms with Crippen LogP contribution in [0.2, 0.25) is 0 Å². The van der Waals surface area contributed by atoms with Crippen LogP contribution in [0.25, 0.3) is 0 Å². The standard InChI is InChI=1S/C14H22N2O2/c1-3-8-13(9-4-2)16(18)14(17)15-12-10-6-5-7-11-12/h5-7,10-11,13,18H,3-4,8-9H2,1-2H3,(H,15,17). The molecule has 0 aliphatic rings. The van der Waals surface area contributed by atoms with Gasteiger partial charge in [0.25, 0.3) is 0 Å². The Bertz CT molecular complexity index is 348. The molecular weight excluding hydrogens is 228 g/mol. The first-order valence-corrected chi connectivity index (χ1v) is 6.53. The first kappa shape index (κ1) is 14.5. The zero-order valence-corrected chi connectivity index (χ0v) is 11.1. The summed E-state index contributed by atoms with van der Waals surface area (Å²) in [6.45, 7) is 4.09. The van der Waals surface area contributed by atoms with Crippen molar-refractivity contribution >= 4 is 11.7 Å². The predicted molar refractivity (Wildman–Crippen MR) is 72.7 cm³/mol. The van der Waals surface area contributed by atoms with E-state index in [0.717, 1.165) is 30.7 Å². The van der Waals surface area contributed by atoms with Gasteiger partial charge in [0.1, 0.15) is 0 Å². The maximum Gasteiger partial charge on any atom is 0.345 e. The highest BCUT2D eigenvalue weighted by molar-refractivity contribution is 5.88. The monoisotopic (exact) mass is 250 g/mol. The van der Waals surface area contributed by atoms with Crippen molar-refractivity contribution in [2.75, 3.05) is 5.32 Å². The molecule has 0 spiro atoms. The fraction of sp³-hybridized carbons (Fsp3) is 0.500. The highest BCUT2D eigenvalue weighted by Gasteiger charge is 2.20. The number of benzene rings is 1. The summed E-state index contributed by atoms with van der Waals surface area (Å²) in [6.07, 6.45) is 3.51. The first-order chi connectivity index (χ1) is 8.69. The van der Waals surface area contributed by atoms with Crippen LogP contribution in [0.3, 0.4) is 0 Å². The number of urea groups is 1. The van der Waals surface area contributed by atoms with Gasteiger partial charge in [0.15, 0.2) is 0 Å². The number of anilines is 1. The fourth-order valence-electron chi connectivity index (χ4n) is 1.92. The van der Waals surface area contributed by atoms with Crippen LogP contribution in [0.5, 0.6) is 0 Å². The van der Waals surface area contributed by atoms with E-state index in [2.05, 4.69) is 5.32 Å². The smallest absolute Gasteiger partial charge is 0.306 e. The number of hydrogen-bond donors (Lipinski definition) is 2. The average Bonchev–Trinajstić information content (AvgIpc) is 2.39. The van der Waals surface area contributed by atoms with Crippen molar-refractivity contribution in [3.8, 4) is 0 Å². The zero-order chi connectivity index (χ0) is 13.4. The Hall–Kier alpha value is -1.55. The lowest BCUT2D eigenvalue weighted by Gasteiger charge is -2.25. The molecular formula is C14H22N2O2. The largest absolute Gasteiger partial charge is 0.345 e. The van der Waals surface area contributed by atoms with E-state index in [1.807, 2.05) is 32.0 Å². The van der Waals surface area contributed by atoms with E-state index >= 15 is 0 Å². The van der Waals surface area contributed by atoms with Gasteiger partial charge in [-0.2, -0.15) is 0 Å². The van der Waals surface area contributed by atoms with Crippen molar-refractivity contribution in [2.45, 2.75) is 45.6 Å². The summed E-state index contributed by atoms with van der Waals surface area (Å²) >= 11 is 0. The average molecular weight is 250 g/mol. The van der Waals surface area contributed by atoms with Gasteiger partial charge in [0, 0.05) is 5.69 Å². The Morgan fingerprint density at radius 2 is 1.78 bits per heavy atom. The molecule has 2 N–H and O–H groups in total. The minimum atomic E-state index is -0.465. The summed E-state index contributed by atoms with van der Waals surface area (Å²) < 4.78 is 0. The van der Waals surface area contributed by atoms with Crippen molar-refractivity contribution in [1.82, 2.24) is 5.06 Å². The molecule has 0 radical (unpaired) electrons. The topological polar surface area (TPSA) is 52.6 Å². The summed E-state index contributed by atoms with van der Waals surface area (Å²) in [7, 11) is 0. The molecule has 1 aromatic carbocycles. The van der Waals surface area contributed by atoms with E-state index in [0.29, 0.717) is 5.69 Å². The number of rotatable bonds is 6. The van der Waals surface area contributed by atoms with Gasteiger partial charge >= 0.3 is 6.03 Å². The molecule has 0 bridgehead atoms. The first-order valence-electron chi connectivity index (χ1n) is 6.53. The van der Waals surface area contributed by atoms with Gasteiger partial charge in [0.2, 0.25) is 0 Å². The van der Waals surface area contributed by atoms with Crippen LogP contribution in [0.4, 0.5) is 10.5 Å². The van der Waals surface area contributed by atoms with Crippen LogP contribution in [-0.2, 0) is 0 Å². The molecule has 2 amide bonds. The lowest BCUT2D eigenvalue weighted by molar-refractivity contribution is -0.0776. The Balaban J connectivity index is 2.58. The normalized spacial score (nSPS) is 10.4. The molecule has 4 nitrogen and oxygen atoms in total. The summed E-state index contributed by atoms with van der Waals surface area (Å²) in [5.41, 5.74) is 0.688. The van der Waals surface area contributed by atoms with Crippen LogP contribution in [0, 0.1) is 0 Å². The van der Waals surface area contributed by atoms with Gasteiger partial charge in [-0.15, -0.1) is 0 Å². The van der Waals surface area contributed by atoms with Crippen LogP contribution >= 0.6 is 0 Å². The van der Waals surface area contributed by atoms with Gasteiger partial charge < -0.3 is 5.32 Å². The Morgan fingerprint density at radius 3 is 2.28 bits per heavy atom. The second-order valence-electron chi connectivity index (χ2n) is 4.37. The van der Waals surface area contributed by atoms with E-state index in [9.17, 15) is 10.0 Å². The second-order valence-corrected chi connectivity index (χ2v) is 4.37. The molecule has 1 rings (SSSR count). The van der Waals surface area contributed by atoms with Crippen LogP contribution in [0.1, 0.15) is 39.5 Å². The highest BCUT2D eigenvalue weighted by atomic mass is 16.5. The number of nitrogens with zero attached hydrogens (tertiary/aromatic N) is 1. The fourth-order valence-corrected chi connectivity index (χ4v) is 1.92. The molecule has 0 fully saturated rings. The molecule has 1 aromatic rings. The molecule has 18 heavy (non-hydrogen) atoms. The Labute approximate surface area is 109 Å². The predicted octanol–water partition coefficient (Wildman–Crippen LogP) is 3.88. The summed E-state index contributed by atoms with van der Waals surface area (Å²) in [5, 5.41) is 13.4. The van der Waals surface area contributed by atoms with E-state index in [4.69, 9.17) is 0 Å². The van der Waals surface area contributed by atoms with Crippen molar-refractivity contribution in [1.29, 1.82) is 0 Å². The third-order valence-electron chi connectivity index (χ3n) is 2.82. The van der Waals surface area contributed by atoms with Crippen molar-refractivity contribution in [3.63, 3.8) is 0 Å². The third-order valence-corrected chi connectivity index (χ3v) is 2.82. The highest BCUT2D eigenvalue weighted by Crippen LogP contribution is 2.13. The van der Waals surface area contributed by atoms with Crippen LogP contribution in [-0.4, -0.2) is 22.3 Å². The van der Waals surface area contributed by atoms with Gasteiger partial charge in [-0.25, -0.2) is 9.86 Å². The van der Waals surface area contributed by atoms with Gasteiger partial charge in [-0.3, -0.25) is 5.21 Å². The van der Waals surface area contributed by atoms with E-state index in [1.54, 1.807) is 12.1 Å². The molecule has 0 saturated heterocycles. The van der Waals surface area contributed by atoms with Gasteiger partial charge in [-0.05, 0) is 25.0 Å². The van der Waals surface area contributed by atoms with Crippen molar-refractivity contribution < 1.29 is 10.0 Å². The molecule has 0 aliphatic heterocycles. The number of hydroxylamine groups is 2. The molecule has 0 aliphatic carbocycles. The molecule has 0 atom stereocenters. The molecule has 0 saturated carbocycles. The van der Waals surface area contributed by atoms with Crippen molar-refractivity contribution in [3.05, 3.63) is 30.3 Å². The Morgan fingerprint density at radius 1 is 1.22 bits per heavy atom. The van der Waals surface area contributed by atoms with Crippen LogP contribution < -0.4 is 5.32 Å². The van der Waals surface area contributed by atoms with Gasteiger partial charge in [-0.1, -0.05) is 44.9 Å². The molecule has 0 aromatic heterocycles. The molecule has 0 unspecified atom stereocenters. The van der Waals surface area contributed by atoms with Crippen molar-refractivity contribution in [2.24, 2.45) is 0 Å². The lowest BCUT2D eigenvalue weighted by atomic mass is 10.1. The SMILES string of the molecule is CCCC(CCC)N(O)C(=O)Nc1ccccc1.